The van der Waals surface area contributed by atoms with Crippen LogP contribution in [0.4, 0.5) is 5.69 Å². The molecule has 140 valence electrons. The van der Waals surface area contributed by atoms with E-state index < -0.39 is 5.97 Å². The van der Waals surface area contributed by atoms with Crippen LogP contribution in [0.25, 0.3) is 0 Å². The van der Waals surface area contributed by atoms with Gasteiger partial charge >= 0.3 is 5.97 Å². The molecule has 0 spiro atoms. The molecule has 7 nitrogen and oxygen atoms in total. The second-order valence-corrected chi connectivity index (χ2v) is 7.10. The first-order valence-electron chi connectivity index (χ1n) is 9.14. The summed E-state index contributed by atoms with van der Waals surface area (Å²) in [6.45, 7) is 2.65. The molecule has 2 fully saturated rings. The van der Waals surface area contributed by atoms with Gasteiger partial charge in [-0.05, 0) is 50.4 Å². The number of amides is 2. The molecule has 2 amide bonds. The number of nitrogens with one attached hydrogen (secondary N) is 2. The molecule has 26 heavy (non-hydrogen) atoms. The fourth-order valence-electron chi connectivity index (χ4n) is 3.27. The van der Waals surface area contributed by atoms with Crippen molar-refractivity contribution in [2.45, 2.75) is 44.7 Å². The van der Waals surface area contributed by atoms with Crippen molar-refractivity contribution in [2.75, 3.05) is 18.4 Å². The summed E-state index contributed by atoms with van der Waals surface area (Å²) in [5.41, 5.74) is 1.15. The van der Waals surface area contributed by atoms with Crippen LogP contribution >= 0.6 is 0 Å². The summed E-state index contributed by atoms with van der Waals surface area (Å²) in [5.74, 6) is -0.865. The van der Waals surface area contributed by atoms with Crippen LogP contribution in [0.5, 0.6) is 0 Å². The van der Waals surface area contributed by atoms with Crippen molar-refractivity contribution >= 4 is 23.5 Å². The lowest BCUT2D eigenvalue weighted by molar-refractivity contribution is -0.139. The molecule has 0 saturated heterocycles. The highest BCUT2D eigenvalue weighted by atomic mass is 16.4. The van der Waals surface area contributed by atoms with Crippen LogP contribution in [-0.4, -0.2) is 53.0 Å². The smallest absolute Gasteiger partial charge is 0.317 e. The molecule has 7 heteroatoms. The molecule has 0 aromatic heterocycles. The molecule has 2 aliphatic rings. The van der Waals surface area contributed by atoms with E-state index in [4.69, 9.17) is 5.11 Å². The van der Waals surface area contributed by atoms with Gasteiger partial charge in [-0.25, -0.2) is 0 Å². The molecule has 1 aromatic rings. The lowest BCUT2D eigenvalue weighted by Crippen LogP contribution is -2.54. The van der Waals surface area contributed by atoms with Crippen LogP contribution in [0.1, 0.15) is 43.0 Å². The normalized spacial score (nSPS) is 21.8. The maximum Gasteiger partial charge on any atom is 0.317 e. The zero-order chi connectivity index (χ0) is 18.7. The number of aliphatic carboxylic acids is 1. The Bertz CT molecular complexity index is 696. The lowest BCUT2D eigenvalue weighted by Gasteiger charge is -2.42. The number of carbonyl (C=O) groups is 3. The summed E-state index contributed by atoms with van der Waals surface area (Å²) in [6.07, 6.45) is 3.38. The predicted molar refractivity (Wildman–Crippen MR) is 97.0 cm³/mol. The third kappa shape index (κ3) is 4.60. The van der Waals surface area contributed by atoms with Crippen LogP contribution in [0.2, 0.25) is 0 Å². The maximum absolute atomic E-state index is 12.4. The molecule has 0 radical (unpaired) electrons. The van der Waals surface area contributed by atoms with Gasteiger partial charge in [-0.1, -0.05) is 13.0 Å². The van der Waals surface area contributed by atoms with Gasteiger partial charge in [0, 0.05) is 29.3 Å². The van der Waals surface area contributed by atoms with Crippen molar-refractivity contribution in [1.29, 1.82) is 0 Å². The van der Waals surface area contributed by atoms with Crippen molar-refractivity contribution < 1.29 is 19.5 Å². The van der Waals surface area contributed by atoms with Crippen LogP contribution in [0, 0.1) is 5.92 Å². The molecule has 2 aliphatic carbocycles. The Hall–Kier alpha value is -2.41. The molecular formula is C19H25N3O4. The van der Waals surface area contributed by atoms with E-state index in [1.807, 2.05) is 11.8 Å². The molecule has 3 N–H and O–H groups in total. The number of carbonyl (C=O) groups excluding carboxylic acids is 2. The number of carboxylic acid groups (broad SMARTS) is 1. The average Bonchev–Trinajstić information content (AvgIpc) is 3.41. The van der Waals surface area contributed by atoms with Crippen LogP contribution < -0.4 is 10.6 Å². The number of hydrogen-bond acceptors (Lipinski definition) is 4. The Kier molecular flexibility index (Phi) is 5.56. The summed E-state index contributed by atoms with van der Waals surface area (Å²) >= 11 is 0. The van der Waals surface area contributed by atoms with E-state index in [0.29, 0.717) is 17.8 Å². The van der Waals surface area contributed by atoms with E-state index in [1.54, 1.807) is 24.3 Å². The second-order valence-electron chi connectivity index (χ2n) is 7.10. The highest BCUT2D eigenvalue weighted by Crippen LogP contribution is 2.30. The van der Waals surface area contributed by atoms with Crippen molar-refractivity contribution in [1.82, 2.24) is 10.2 Å². The zero-order valence-electron chi connectivity index (χ0n) is 14.9. The monoisotopic (exact) mass is 359 g/mol. The number of carboxylic acids is 1. The Morgan fingerprint density at radius 2 is 1.96 bits per heavy atom. The van der Waals surface area contributed by atoms with Gasteiger partial charge in [-0.15, -0.1) is 0 Å². The first-order chi connectivity index (χ1) is 12.5. The van der Waals surface area contributed by atoms with Gasteiger partial charge in [0.05, 0.1) is 6.54 Å². The number of anilines is 1. The third-order valence-electron chi connectivity index (χ3n) is 5.05. The molecule has 0 bridgehead atoms. The van der Waals surface area contributed by atoms with Gasteiger partial charge in [0.1, 0.15) is 0 Å². The number of rotatable bonds is 8. The number of benzene rings is 1. The fraction of sp³-hybridized carbons (Fsp3) is 0.526. The van der Waals surface area contributed by atoms with E-state index in [2.05, 4.69) is 10.6 Å². The van der Waals surface area contributed by atoms with E-state index in [9.17, 15) is 14.4 Å². The van der Waals surface area contributed by atoms with Gasteiger partial charge in [0.25, 0.3) is 5.91 Å². The van der Waals surface area contributed by atoms with Gasteiger partial charge in [0.15, 0.2) is 0 Å². The average molecular weight is 359 g/mol. The minimum atomic E-state index is -0.829. The number of hydrogen-bond donors (Lipinski definition) is 3. The predicted octanol–water partition coefficient (Wildman–Crippen LogP) is 1.70. The Morgan fingerprint density at radius 1 is 1.23 bits per heavy atom. The van der Waals surface area contributed by atoms with E-state index in [0.717, 1.165) is 25.7 Å². The van der Waals surface area contributed by atoms with Crippen LogP contribution in [-0.2, 0) is 9.59 Å². The summed E-state index contributed by atoms with van der Waals surface area (Å²) in [4.78, 5) is 37.0. The molecular weight excluding hydrogens is 334 g/mol. The Morgan fingerprint density at radius 3 is 2.58 bits per heavy atom. The highest BCUT2D eigenvalue weighted by Gasteiger charge is 2.35. The second kappa shape index (κ2) is 7.86. The largest absolute Gasteiger partial charge is 0.480 e. The van der Waals surface area contributed by atoms with Gasteiger partial charge in [-0.3, -0.25) is 19.3 Å². The van der Waals surface area contributed by atoms with E-state index in [-0.39, 0.29) is 36.4 Å². The quantitative estimate of drug-likeness (QED) is 0.656. The first kappa shape index (κ1) is 18.4. The molecule has 2 saturated carbocycles. The Balaban J connectivity index is 1.49. The zero-order valence-corrected chi connectivity index (χ0v) is 14.9. The van der Waals surface area contributed by atoms with E-state index >= 15 is 0 Å². The molecule has 3 rings (SSSR count). The minimum Gasteiger partial charge on any atom is -0.480 e. The molecule has 0 atom stereocenters. The topological polar surface area (TPSA) is 98.7 Å². The number of nitrogens with zero attached hydrogens (tertiary/aromatic N) is 1. The van der Waals surface area contributed by atoms with Gasteiger partial charge < -0.3 is 15.7 Å². The van der Waals surface area contributed by atoms with E-state index in [1.165, 1.54) is 0 Å². The van der Waals surface area contributed by atoms with Crippen LogP contribution in [0.15, 0.2) is 24.3 Å². The SMILES string of the molecule is CCN(CC(=O)O)C1CC(NC(=O)c2cccc(NC(=O)C3CC3)c2)C1. The summed E-state index contributed by atoms with van der Waals surface area (Å²) in [6, 6.07) is 7.20. The Labute approximate surface area is 152 Å². The van der Waals surface area contributed by atoms with Crippen LogP contribution in [0.3, 0.4) is 0 Å². The van der Waals surface area contributed by atoms with Crippen molar-refractivity contribution in [3.8, 4) is 0 Å². The molecule has 1 aromatic carbocycles. The fourth-order valence-corrected chi connectivity index (χ4v) is 3.27. The molecule has 0 heterocycles. The van der Waals surface area contributed by atoms with Gasteiger partial charge in [0.2, 0.25) is 5.91 Å². The van der Waals surface area contributed by atoms with Crippen molar-refractivity contribution in [3.05, 3.63) is 29.8 Å². The summed E-state index contributed by atoms with van der Waals surface area (Å²) in [7, 11) is 0. The lowest BCUT2D eigenvalue weighted by atomic mass is 9.85. The molecule has 0 aliphatic heterocycles. The van der Waals surface area contributed by atoms with Gasteiger partial charge in [-0.2, -0.15) is 0 Å². The van der Waals surface area contributed by atoms with Crippen molar-refractivity contribution in [2.24, 2.45) is 5.92 Å². The minimum absolute atomic E-state index is 0.0162. The molecule has 0 unspecified atom stereocenters. The number of likely N-dealkylation sites (N-methyl/N-ethyl adjacent to an activating group) is 1. The highest BCUT2D eigenvalue weighted by molar-refractivity contribution is 5.98. The first-order valence-corrected chi connectivity index (χ1v) is 9.14. The third-order valence-corrected chi connectivity index (χ3v) is 5.05. The standard InChI is InChI=1S/C19H25N3O4/c1-2-22(11-17(23)24)16-9-15(10-16)21-19(26)13-4-3-5-14(8-13)20-18(25)12-6-7-12/h3-5,8,12,15-16H,2,6-7,9-11H2,1H3,(H,20,25)(H,21,26)(H,23,24). The van der Waals surface area contributed by atoms with Crippen molar-refractivity contribution in [3.63, 3.8) is 0 Å². The summed E-state index contributed by atoms with van der Waals surface area (Å²) in [5, 5.41) is 14.8. The maximum atomic E-state index is 12.4. The summed E-state index contributed by atoms with van der Waals surface area (Å²) < 4.78 is 0.